The highest BCUT2D eigenvalue weighted by Crippen LogP contribution is 2.16. The number of carbonyl (C=O) groups is 1. The third kappa shape index (κ3) is 2.80. The Morgan fingerprint density at radius 1 is 1.47 bits per heavy atom. The van der Waals surface area contributed by atoms with Crippen molar-refractivity contribution in [3.63, 3.8) is 0 Å². The number of hydrogen-bond acceptors (Lipinski definition) is 5. The van der Waals surface area contributed by atoms with Crippen LogP contribution < -0.4 is 22.5 Å². The minimum atomic E-state index is -0.478. The molecule has 0 unspecified atom stereocenters. The average Bonchev–Trinajstić information content (AvgIpc) is 2.83. The molecule has 0 aliphatic heterocycles. The summed E-state index contributed by atoms with van der Waals surface area (Å²) in [7, 11) is 0. The number of aromatic amines is 1. The van der Waals surface area contributed by atoms with Gasteiger partial charge in [0, 0.05) is 16.6 Å². The van der Waals surface area contributed by atoms with Crippen molar-refractivity contribution < 1.29 is 4.79 Å². The molecule has 1 amide bonds. The number of H-pyrrole nitrogens is 1. The summed E-state index contributed by atoms with van der Waals surface area (Å²) in [5.74, 6) is 4.66. The highest BCUT2D eigenvalue weighted by molar-refractivity contribution is 7.14. The van der Waals surface area contributed by atoms with E-state index in [1.807, 2.05) is 5.43 Å². The third-order valence-corrected chi connectivity index (χ3v) is 3.60. The quantitative estimate of drug-likeness (QED) is 0.402. The van der Waals surface area contributed by atoms with E-state index in [-0.39, 0.29) is 5.91 Å². The number of hydrogen-bond donors (Lipinski definition) is 3. The second-order valence-corrected chi connectivity index (χ2v) is 5.11. The monoisotopic (exact) mass is 280 g/mol. The molecular formula is C11H12N4O3S. The smallest absolute Gasteiger partial charge is 0.295 e. The number of aryl methyl sites for hydroxylation is 1. The molecule has 0 saturated carbocycles. The maximum atomic E-state index is 11.6. The molecule has 2 aromatic rings. The van der Waals surface area contributed by atoms with Gasteiger partial charge in [0.1, 0.15) is 0 Å². The van der Waals surface area contributed by atoms with Crippen molar-refractivity contribution >= 4 is 17.2 Å². The Balaban J connectivity index is 2.29. The minimum absolute atomic E-state index is 0.291. The minimum Gasteiger partial charge on any atom is -0.295 e. The normalized spacial score (nSPS) is 10.4. The number of carbonyl (C=O) groups excluding carboxylic acids is 1. The van der Waals surface area contributed by atoms with Crippen molar-refractivity contribution in [1.29, 1.82) is 0 Å². The van der Waals surface area contributed by atoms with Crippen molar-refractivity contribution in [2.45, 2.75) is 13.5 Å². The van der Waals surface area contributed by atoms with Gasteiger partial charge in [-0.15, -0.1) is 11.3 Å². The molecule has 0 spiro atoms. The number of nitrogens with zero attached hydrogens (tertiary/aromatic N) is 1. The first-order valence-corrected chi connectivity index (χ1v) is 6.23. The Morgan fingerprint density at radius 2 is 2.21 bits per heavy atom. The van der Waals surface area contributed by atoms with Gasteiger partial charge in [-0.25, -0.2) is 10.6 Å². The first-order valence-electron chi connectivity index (χ1n) is 5.41. The van der Waals surface area contributed by atoms with Crippen LogP contribution in [0.5, 0.6) is 0 Å². The lowest BCUT2D eigenvalue weighted by atomic mass is 10.3. The maximum Gasteiger partial charge on any atom is 0.328 e. The van der Waals surface area contributed by atoms with E-state index in [9.17, 15) is 14.4 Å². The number of thiophene rings is 1. The largest absolute Gasteiger partial charge is 0.328 e. The van der Waals surface area contributed by atoms with Gasteiger partial charge in [-0.05, 0) is 19.1 Å². The summed E-state index contributed by atoms with van der Waals surface area (Å²) >= 11 is 1.24. The summed E-state index contributed by atoms with van der Waals surface area (Å²) in [5, 5.41) is 0. The molecule has 0 fully saturated rings. The number of hydrazine groups is 1. The Labute approximate surface area is 111 Å². The summed E-state index contributed by atoms with van der Waals surface area (Å²) < 4.78 is 1.38. The van der Waals surface area contributed by atoms with Gasteiger partial charge < -0.3 is 0 Å². The summed E-state index contributed by atoms with van der Waals surface area (Å²) in [6.07, 6.45) is 1.49. The second kappa shape index (κ2) is 5.21. The predicted molar refractivity (Wildman–Crippen MR) is 71.1 cm³/mol. The van der Waals surface area contributed by atoms with Gasteiger partial charge in [-0.2, -0.15) is 0 Å². The highest BCUT2D eigenvalue weighted by Gasteiger charge is 2.09. The van der Waals surface area contributed by atoms with Crippen molar-refractivity contribution in [2.75, 3.05) is 0 Å². The van der Waals surface area contributed by atoms with Crippen LogP contribution in [0.3, 0.4) is 0 Å². The molecule has 4 N–H and O–H groups in total. The lowest BCUT2D eigenvalue weighted by Crippen LogP contribution is -2.30. The molecule has 0 aliphatic carbocycles. The summed E-state index contributed by atoms with van der Waals surface area (Å²) in [5.41, 5.74) is 1.63. The zero-order chi connectivity index (χ0) is 14.0. The molecule has 0 saturated heterocycles. The van der Waals surface area contributed by atoms with Crippen molar-refractivity contribution in [1.82, 2.24) is 15.0 Å². The Morgan fingerprint density at radius 3 is 2.89 bits per heavy atom. The number of nitrogens with one attached hydrogen (secondary N) is 2. The molecule has 0 atom stereocenters. The standard InChI is InChI=1S/C11H12N4O3S/c1-6-4-15(11(18)13-9(6)16)5-7-2-3-8(19-7)10(17)14-12/h2-4H,5,12H2,1H3,(H,14,17)(H,13,16,18). The van der Waals surface area contributed by atoms with E-state index in [0.29, 0.717) is 17.0 Å². The van der Waals surface area contributed by atoms with E-state index in [4.69, 9.17) is 5.84 Å². The number of amides is 1. The lowest BCUT2D eigenvalue weighted by Gasteiger charge is -2.03. The number of nitrogen functional groups attached to an aromatic ring is 1. The summed E-state index contributed by atoms with van der Waals surface area (Å²) in [6.45, 7) is 1.91. The molecule has 0 aromatic carbocycles. The highest BCUT2D eigenvalue weighted by atomic mass is 32.1. The Bertz CT molecular complexity index is 728. The summed E-state index contributed by atoms with van der Waals surface area (Å²) in [6, 6.07) is 3.37. The van der Waals surface area contributed by atoms with Gasteiger partial charge in [0.2, 0.25) is 0 Å². The lowest BCUT2D eigenvalue weighted by molar-refractivity contribution is 0.0957. The van der Waals surface area contributed by atoms with Gasteiger partial charge in [0.15, 0.2) is 0 Å². The van der Waals surface area contributed by atoms with Crippen LogP contribution in [0.25, 0.3) is 0 Å². The number of rotatable bonds is 3. The molecule has 2 rings (SSSR count). The van der Waals surface area contributed by atoms with E-state index >= 15 is 0 Å². The van der Waals surface area contributed by atoms with E-state index in [1.54, 1.807) is 19.1 Å². The van der Waals surface area contributed by atoms with E-state index in [2.05, 4.69) is 4.98 Å². The van der Waals surface area contributed by atoms with E-state index in [0.717, 1.165) is 4.88 Å². The van der Waals surface area contributed by atoms with Crippen molar-refractivity contribution in [3.05, 3.63) is 54.5 Å². The third-order valence-electron chi connectivity index (χ3n) is 2.53. The topological polar surface area (TPSA) is 110 Å². The van der Waals surface area contributed by atoms with Crippen LogP contribution in [0.15, 0.2) is 27.9 Å². The van der Waals surface area contributed by atoms with Gasteiger partial charge >= 0.3 is 5.69 Å². The average molecular weight is 280 g/mol. The number of nitrogens with two attached hydrogens (primary N) is 1. The van der Waals surface area contributed by atoms with Crippen LogP contribution in [-0.4, -0.2) is 15.5 Å². The zero-order valence-corrected chi connectivity index (χ0v) is 10.9. The summed E-state index contributed by atoms with van der Waals surface area (Å²) in [4.78, 5) is 37.7. The molecule has 100 valence electrons. The fourth-order valence-corrected chi connectivity index (χ4v) is 2.47. The zero-order valence-electron chi connectivity index (χ0n) is 10.1. The molecule has 2 aromatic heterocycles. The number of aromatic nitrogens is 2. The van der Waals surface area contributed by atoms with Crippen LogP contribution in [0.2, 0.25) is 0 Å². The van der Waals surface area contributed by atoms with E-state index < -0.39 is 11.2 Å². The molecular weight excluding hydrogens is 268 g/mol. The first-order chi connectivity index (χ1) is 9.01. The Hall–Kier alpha value is -2.19. The Kier molecular flexibility index (Phi) is 3.63. The molecule has 0 radical (unpaired) electrons. The van der Waals surface area contributed by atoms with Crippen LogP contribution in [-0.2, 0) is 6.54 Å². The fraction of sp³-hybridized carbons (Fsp3) is 0.182. The molecule has 0 bridgehead atoms. The van der Waals surface area contributed by atoms with Gasteiger partial charge in [0.25, 0.3) is 11.5 Å². The fourth-order valence-electron chi connectivity index (χ4n) is 1.56. The second-order valence-electron chi connectivity index (χ2n) is 3.94. The van der Waals surface area contributed by atoms with Crippen LogP contribution >= 0.6 is 11.3 Å². The molecule has 7 nitrogen and oxygen atoms in total. The van der Waals surface area contributed by atoms with Crippen molar-refractivity contribution in [2.24, 2.45) is 5.84 Å². The van der Waals surface area contributed by atoms with E-state index in [1.165, 1.54) is 22.1 Å². The van der Waals surface area contributed by atoms with Crippen LogP contribution in [0, 0.1) is 6.92 Å². The van der Waals surface area contributed by atoms with Crippen LogP contribution in [0.1, 0.15) is 20.1 Å². The SMILES string of the molecule is Cc1cn(Cc2ccc(C(=O)NN)s2)c(=O)[nH]c1=O. The van der Waals surface area contributed by atoms with Gasteiger partial charge in [-0.3, -0.25) is 24.6 Å². The maximum absolute atomic E-state index is 11.6. The predicted octanol–water partition coefficient (Wildman–Crippen LogP) is -0.442. The molecule has 19 heavy (non-hydrogen) atoms. The molecule has 0 aliphatic rings. The first kappa shape index (κ1) is 13.2. The van der Waals surface area contributed by atoms with Crippen molar-refractivity contribution in [3.8, 4) is 0 Å². The van der Waals surface area contributed by atoms with Gasteiger partial charge in [-0.1, -0.05) is 0 Å². The molecule has 2 heterocycles. The van der Waals surface area contributed by atoms with Crippen LogP contribution in [0.4, 0.5) is 0 Å². The molecule has 8 heteroatoms. The van der Waals surface area contributed by atoms with Gasteiger partial charge in [0.05, 0.1) is 11.4 Å².